The van der Waals surface area contributed by atoms with Crippen molar-refractivity contribution in [1.29, 1.82) is 0 Å². The van der Waals surface area contributed by atoms with Gasteiger partial charge in [0.15, 0.2) is 0 Å². The van der Waals surface area contributed by atoms with Gasteiger partial charge in [-0.1, -0.05) is 46.3 Å². The van der Waals surface area contributed by atoms with Gasteiger partial charge in [-0.3, -0.25) is 4.79 Å². The van der Waals surface area contributed by atoms with Crippen molar-refractivity contribution in [1.82, 2.24) is 5.32 Å². The van der Waals surface area contributed by atoms with Crippen molar-refractivity contribution >= 4 is 21.8 Å². The van der Waals surface area contributed by atoms with Crippen LogP contribution < -0.4 is 5.32 Å². The topological polar surface area (TPSA) is 38.3 Å². The van der Waals surface area contributed by atoms with Crippen LogP contribution in [0.2, 0.25) is 0 Å². The van der Waals surface area contributed by atoms with Crippen LogP contribution in [-0.4, -0.2) is 18.1 Å². The van der Waals surface area contributed by atoms with E-state index in [-0.39, 0.29) is 5.91 Å². The average molecular weight is 362 g/mol. The van der Waals surface area contributed by atoms with Crippen molar-refractivity contribution in [2.45, 2.75) is 26.0 Å². The predicted octanol–water partition coefficient (Wildman–Crippen LogP) is 4.17. The van der Waals surface area contributed by atoms with Gasteiger partial charge < -0.3 is 10.1 Å². The molecule has 0 bridgehead atoms. The molecule has 116 valence electrons. The molecule has 0 aliphatic heterocycles. The summed E-state index contributed by atoms with van der Waals surface area (Å²) in [6.07, 6.45) is 0. The number of ether oxygens (including phenoxy) is 1. The largest absolute Gasteiger partial charge is 0.374 e. The van der Waals surface area contributed by atoms with E-state index in [1.54, 1.807) is 12.1 Å². The Morgan fingerprint density at radius 2 is 1.73 bits per heavy atom. The highest BCUT2D eigenvalue weighted by molar-refractivity contribution is 9.10. The second-order valence-electron chi connectivity index (χ2n) is 5.82. The lowest BCUT2D eigenvalue weighted by Gasteiger charge is -2.26. The summed E-state index contributed by atoms with van der Waals surface area (Å²) in [6, 6.07) is 17.3. The monoisotopic (exact) mass is 361 g/mol. The zero-order valence-electron chi connectivity index (χ0n) is 12.8. The van der Waals surface area contributed by atoms with Crippen molar-refractivity contribution < 1.29 is 9.53 Å². The maximum atomic E-state index is 12.2. The summed E-state index contributed by atoms with van der Waals surface area (Å²) in [5, 5.41) is 3.00. The molecule has 0 atom stereocenters. The average Bonchev–Trinajstić information content (AvgIpc) is 2.48. The van der Waals surface area contributed by atoms with Gasteiger partial charge in [-0.2, -0.15) is 0 Å². The van der Waals surface area contributed by atoms with Gasteiger partial charge in [0.05, 0.1) is 18.8 Å². The molecule has 2 aromatic carbocycles. The van der Waals surface area contributed by atoms with Crippen LogP contribution in [0.3, 0.4) is 0 Å². The van der Waals surface area contributed by atoms with Crippen molar-refractivity contribution in [3.05, 3.63) is 70.2 Å². The van der Waals surface area contributed by atoms with Gasteiger partial charge in [-0.05, 0) is 43.7 Å². The number of rotatable bonds is 6. The number of benzene rings is 2. The smallest absolute Gasteiger partial charge is 0.251 e. The van der Waals surface area contributed by atoms with E-state index in [1.165, 1.54) is 0 Å². The Balaban J connectivity index is 1.85. The minimum absolute atomic E-state index is 0.0965. The highest BCUT2D eigenvalue weighted by atomic mass is 79.9. The molecule has 4 heteroatoms. The fraction of sp³-hybridized carbons (Fsp3) is 0.278. The van der Waals surface area contributed by atoms with E-state index >= 15 is 0 Å². The van der Waals surface area contributed by atoms with Crippen LogP contribution in [0.4, 0.5) is 0 Å². The molecule has 22 heavy (non-hydrogen) atoms. The quantitative estimate of drug-likeness (QED) is 0.838. The summed E-state index contributed by atoms with van der Waals surface area (Å²) in [4.78, 5) is 12.2. The summed E-state index contributed by atoms with van der Waals surface area (Å²) in [5.41, 5.74) is 1.33. The third kappa shape index (κ3) is 5.28. The van der Waals surface area contributed by atoms with Gasteiger partial charge in [0, 0.05) is 10.0 Å². The number of hydrogen-bond donors (Lipinski definition) is 1. The van der Waals surface area contributed by atoms with E-state index in [0.717, 1.165) is 10.0 Å². The van der Waals surface area contributed by atoms with Crippen LogP contribution in [0, 0.1) is 0 Å². The molecule has 1 amide bonds. The molecule has 0 radical (unpaired) electrons. The number of carbonyl (C=O) groups is 1. The van der Waals surface area contributed by atoms with Gasteiger partial charge in [-0.15, -0.1) is 0 Å². The van der Waals surface area contributed by atoms with Crippen LogP contribution in [-0.2, 0) is 11.3 Å². The molecule has 0 aromatic heterocycles. The molecule has 0 saturated carbocycles. The molecule has 0 spiro atoms. The van der Waals surface area contributed by atoms with Crippen molar-refractivity contribution in [2.75, 3.05) is 6.61 Å². The second kappa shape index (κ2) is 7.56. The van der Waals surface area contributed by atoms with Crippen molar-refractivity contribution in [3.63, 3.8) is 0 Å². The van der Waals surface area contributed by atoms with Gasteiger partial charge in [0.25, 0.3) is 5.91 Å². The van der Waals surface area contributed by atoms with E-state index < -0.39 is 5.54 Å². The van der Waals surface area contributed by atoms with Crippen LogP contribution in [0.1, 0.15) is 29.8 Å². The number of nitrogens with one attached hydrogen (secondary N) is 1. The molecule has 2 rings (SSSR count). The molecule has 2 aromatic rings. The highest BCUT2D eigenvalue weighted by Crippen LogP contribution is 2.12. The molecular formula is C18H20BrNO2. The number of carbonyl (C=O) groups excluding carboxylic acids is 1. The summed E-state index contributed by atoms with van der Waals surface area (Å²) in [6.45, 7) is 4.89. The van der Waals surface area contributed by atoms with Gasteiger partial charge in [0.1, 0.15) is 0 Å². The maximum Gasteiger partial charge on any atom is 0.251 e. The summed E-state index contributed by atoms with van der Waals surface area (Å²) in [5.74, 6) is -0.0965. The third-order valence-corrected chi connectivity index (χ3v) is 3.66. The van der Waals surface area contributed by atoms with E-state index in [0.29, 0.717) is 18.8 Å². The molecule has 3 nitrogen and oxygen atoms in total. The van der Waals surface area contributed by atoms with Gasteiger partial charge in [0.2, 0.25) is 0 Å². The Hall–Kier alpha value is -1.65. The molecule has 0 unspecified atom stereocenters. The first-order valence-corrected chi connectivity index (χ1v) is 7.95. The summed E-state index contributed by atoms with van der Waals surface area (Å²) in [7, 11) is 0. The first-order chi connectivity index (χ1) is 10.5. The first kappa shape index (κ1) is 16.7. The van der Waals surface area contributed by atoms with Crippen LogP contribution >= 0.6 is 15.9 Å². The van der Waals surface area contributed by atoms with E-state index in [9.17, 15) is 4.79 Å². The lowest BCUT2D eigenvalue weighted by atomic mass is 10.1. The zero-order valence-corrected chi connectivity index (χ0v) is 14.4. The molecule has 0 aliphatic carbocycles. The lowest BCUT2D eigenvalue weighted by molar-refractivity contribution is 0.0617. The number of hydrogen-bond acceptors (Lipinski definition) is 2. The van der Waals surface area contributed by atoms with Crippen LogP contribution in [0.5, 0.6) is 0 Å². The van der Waals surface area contributed by atoms with Crippen molar-refractivity contribution in [3.8, 4) is 0 Å². The Morgan fingerprint density at radius 3 is 2.36 bits per heavy atom. The van der Waals surface area contributed by atoms with Gasteiger partial charge in [-0.25, -0.2) is 0 Å². The number of amides is 1. The maximum absolute atomic E-state index is 12.2. The van der Waals surface area contributed by atoms with E-state index in [2.05, 4.69) is 21.2 Å². The Bertz CT molecular complexity index is 609. The molecule has 0 aliphatic rings. The normalized spacial score (nSPS) is 11.2. The highest BCUT2D eigenvalue weighted by Gasteiger charge is 2.21. The third-order valence-electron chi connectivity index (χ3n) is 3.13. The molecule has 0 heterocycles. The molecule has 0 saturated heterocycles. The number of halogens is 1. The molecule has 1 N–H and O–H groups in total. The summed E-state index contributed by atoms with van der Waals surface area (Å²) < 4.78 is 6.67. The predicted molar refractivity (Wildman–Crippen MR) is 91.8 cm³/mol. The zero-order chi connectivity index (χ0) is 16.0. The lowest BCUT2D eigenvalue weighted by Crippen LogP contribution is -2.47. The fourth-order valence-corrected chi connectivity index (χ4v) is 2.28. The van der Waals surface area contributed by atoms with Crippen LogP contribution in [0.15, 0.2) is 59.1 Å². The minimum Gasteiger partial charge on any atom is -0.374 e. The Kier molecular flexibility index (Phi) is 5.75. The van der Waals surface area contributed by atoms with Crippen molar-refractivity contribution in [2.24, 2.45) is 0 Å². The molecule has 0 fully saturated rings. The Labute approximate surface area is 139 Å². The summed E-state index contributed by atoms with van der Waals surface area (Å²) >= 11 is 3.36. The van der Waals surface area contributed by atoms with Crippen LogP contribution in [0.25, 0.3) is 0 Å². The first-order valence-electron chi connectivity index (χ1n) is 7.16. The van der Waals surface area contributed by atoms with Gasteiger partial charge >= 0.3 is 0 Å². The second-order valence-corrected chi connectivity index (χ2v) is 6.74. The standard InChI is InChI=1S/C18H20BrNO2/c1-18(2,13-22-12-14-6-4-3-5-7-14)20-17(21)15-8-10-16(19)11-9-15/h3-11H,12-13H2,1-2H3,(H,20,21). The minimum atomic E-state index is -0.432. The molecular weight excluding hydrogens is 342 g/mol. The Morgan fingerprint density at radius 1 is 1.09 bits per heavy atom. The SMILES string of the molecule is CC(C)(COCc1ccccc1)NC(=O)c1ccc(Br)cc1. The van der Waals surface area contributed by atoms with E-state index in [1.807, 2.05) is 56.3 Å². The fourth-order valence-electron chi connectivity index (χ4n) is 2.02. The van der Waals surface area contributed by atoms with E-state index in [4.69, 9.17) is 4.74 Å².